The van der Waals surface area contributed by atoms with Crippen molar-refractivity contribution in [2.24, 2.45) is 5.92 Å². The van der Waals surface area contributed by atoms with Crippen LogP contribution in [0.25, 0.3) is 0 Å². The molecule has 3 nitrogen and oxygen atoms in total. The lowest BCUT2D eigenvalue weighted by Crippen LogP contribution is -1.99. The highest BCUT2D eigenvalue weighted by Crippen LogP contribution is 2.27. The highest BCUT2D eigenvalue weighted by Gasteiger charge is 2.06. The summed E-state index contributed by atoms with van der Waals surface area (Å²) in [6.07, 6.45) is 2.88. The molecule has 0 fully saturated rings. The number of thioether (sulfide) groups is 1. The van der Waals surface area contributed by atoms with Gasteiger partial charge in [-0.15, -0.1) is 11.8 Å². The first kappa shape index (κ1) is 11.8. The lowest BCUT2D eigenvalue weighted by atomic mass is 10.2. The molecule has 0 aliphatic rings. The molecule has 0 aromatic carbocycles. The normalized spacial score (nSPS) is 12.8. The third kappa shape index (κ3) is 3.46. The Labute approximate surface area is 97.0 Å². The highest BCUT2D eigenvalue weighted by molar-refractivity contribution is 9.10. The molecule has 0 saturated heterocycles. The van der Waals surface area contributed by atoms with Gasteiger partial charge in [-0.05, 0) is 21.8 Å². The SMILES string of the molecule is CCC(C)CSc1nc(N)ncc1Br. The van der Waals surface area contributed by atoms with Gasteiger partial charge in [-0.1, -0.05) is 20.3 Å². The van der Waals surface area contributed by atoms with Crippen LogP contribution in [0.5, 0.6) is 0 Å². The molecule has 1 unspecified atom stereocenters. The lowest BCUT2D eigenvalue weighted by molar-refractivity contribution is 0.636. The first-order valence-electron chi connectivity index (χ1n) is 4.54. The summed E-state index contributed by atoms with van der Waals surface area (Å²) in [5.41, 5.74) is 5.51. The number of aromatic nitrogens is 2. The zero-order valence-electron chi connectivity index (χ0n) is 8.33. The Morgan fingerprint density at radius 3 is 3.00 bits per heavy atom. The number of hydrogen-bond donors (Lipinski definition) is 1. The first-order valence-corrected chi connectivity index (χ1v) is 6.32. The molecule has 0 bridgehead atoms. The Balaban J connectivity index is 2.62. The molecule has 1 atom stereocenters. The van der Waals surface area contributed by atoms with Crippen LogP contribution in [-0.4, -0.2) is 15.7 Å². The quantitative estimate of drug-likeness (QED) is 0.678. The Morgan fingerprint density at radius 2 is 2.36 bits per heavy atom. The van der Waals surface area contributed by atoms with E-state index in [-0.39, 0.29) is 0 Å². The standard InChI is InChI=1S/C9H14BrN3S/c1-3-6(2)5-14-8-7(10)4-12-9(11)13-8/h4,6H,3,5H2,1-2H3,(H2,11,12,13). The third-order valence-corrected chi connectivity index (χ3v) is 4.10. The van der Waals surface area contributed by atoms with Crippen molar-refractivity contribution >= 4 is 33.6 Å². The van der Waals surface area contributed by atoms with E-state index in [1.54, 1.807) is 18.0 Å². The summed E-state index contributed by atoms with van der Waals surface area (Å²) in [5.74, 6) is 2.09. The summed E-state index contributed by atoms with van der Waals surface area (Å²) in [4.78, 5) is 8.05. The molecule has 1 aromatic heterocycles. The van der Waals surface area contributed by atoms with Crippen molar-refractivity contribution < 1.29 is 0 Å². The summed E-state index contributed by atoms with van der Waals surface area (Å²) in [6, 6.07) is 0. The van der Waals surface area contributed by atoms with Crippen LogP contribution in [0.1, 0.15) is 20.3 Å². The second kappa shape index (κ2) is 5.56. The molecule has 0 amide bonds. The van der Waals surface area contributed by atoms with Crippen LogP contribution in [0.3, 0.4) is 0 Å². The number of halogens is 1. The number of rotatable bonds is 4. The fourth-order valence-electron chi connectivity index (χ4n) is 0.805. The maximum absolute atomic E-state index is 5.51. The van der Waals surface area contributed by atoms with Gasteiger partial charge in [-0.25, -0.2) is 9.97 Å². The van der Waals surface area contributed by atoms with Gasteiger partial charge in [0.05, 0.1) is 4.47 Å². The average Bonchev–Trinajstić information content (AvgIpc) is 2.19. The van der Waals surface area contributed by atoms with E-state index in [0.717, 1.165) is 15.3 Å². The number of nitrogens with zero attached hydrogens (tertiary/aromatic N) is 2. The van der Waals surface area contributed by atoms with Crippen molar-refractivity contribution in [1.29, 1.82) is 0 Å². The average molecular weight is 276 g/mol. The van der Waals surface area contributed by atoms with Crippen LogP contribution >= 0.6 is 27.7 Å². The van der Waals surface area contributed by atoms with Gasteiger partial charge in [0.1, 0.15) is 5.03 Å². The van der Waals surface area contributed by atoms with E-state index in [0.29, 0.717) is 11.9 Å². The van der Waals surface area contributed by atoms with Crippen molar-refractivity contribution in [2.45, 2.75) is 25.3 Å². The highest BCUT2D eigenvalue weighted by atomic mass is 79.9. The minimum absolute atomic E-state index is 0.333. The molecule has 2 N–H and O–H groups in total. The van der Waals surface area contributed by atoms with E-state index in [2.05, 4.69) is 39.7 Å². The third-order valence-electron chi connectivity index (χ3n) is 1.93. The van der Waals surface area contributed by atoms with Gasteiger partial charge >= 0.3 is 0 Å². The second-order valence-electron chi connectivity index (χ2n) is 3.21. The molecule has 0 radical (unpaired) electrons. The smallest absolute Gasteiger partial charge is 0.221 e. The maximum Gasteiger partial charge on any atom is 0.221 e. The minimum atomic E-state index is 0.333. The van der Waals surface area contributed by atoms with E-state index in [4.69, 9.17) is 5.73 Å². The molecule has 5 heteroatoms. The van der Waals surface area contributed by atoms with Gasteiger partial charge in [-0.2, -0.15) is 0 Å². The van der Waals surface area contributed by atoms with Crippen LogP contribution in [0.4, 0.5) is 5.95 Å². The van der Waals surface area contributed by atoms with Crippen LogP contribution in [0.15, 0.2) is 15.7 Å². The van der Waals surface area contributed by atoms with E-state index < -0.39 is 0 Å². The summed E-state index contributed by atoms with van der Waals surface area (Å²) in [7, 11) is 0. The fraction of sp³-hybridized carbons (Fsp3) is 0.556. The largest absolute Gasteiger partial charge is 0.368 e. The van der Waals surface area contributed by atoms with Crippen LogP contribution < -0.4 is 5.73 Å². The van der Waals surface area contributed by atoms with Crippen molar-refractivity contribution in [3.8, 4) is 0 Å². The monoisotopic (exact) mass is 275 g/mol. The van der Waals surface area contributed by atoms with Gasteiger partial charge in [0.15, 0.2) is 0 Å². The van der Waals surface area contributed by atoms with Gasteiger partial charge in [0, 0.05) is 11.9 Å². The van der Waals surface area contributed by atoms with Crippen molar-refractivity contribution in [3.05, 3.63) is 10.7 Å². The van der Waals surface area contributed by atoms with Crippen molar-refractivity contribution in [1.82, 2.24) is 9.97 Å². The van der Waals surface area contributed by atoms with Crippen LogP contribution in [0, 0.1) is 5.92 Å². The zero-order valence-corrected chi connectivity index (χ0v) is 10.7. The first-order chi connectivity index (χ1) is 6.63. The van der Waals surface area contributed by atoms with E-state index in [1.807, 2.05) is 0 Å². The second-order valence-corrected chi connectivity index (χ2v) is 5.07. The number of nitrogens with two attached hydrogens (primary N) is 1. The topological polar surface area (TPSA) is 51.8 Å². The molecule has 14 heavy (non-hydrogen) atoms. The van der Waals surface area contributed by atoms with Gasteiger partial charge in [-0.3, -0.25) is 0 Å². The maximum atomic E-state index is 5.51. The molecule has 1 heterocycles. The Morgan fingerprint density at radius 1 is 1.64 bits per heavy atom. The summed E-state index contributed by atoms with van der Waals surface area (Å²) in [5, 5.41) is 0.929. The molecule has 1 rings (SSSR count). The molecule has 0 spiro atoms. The van der Waals surface area contributed by atoms with Gasteiger partial charge < -0.3 is 5.73 Å². The van der Waals surface area contributed by atoms with E-state index >= 15 is 0 Å². The van der Waals surface area contributed by atoms with Gasteiger partial charge in [0.2, 0.25) is 5.95 Å². The van der Waals surface area contributed by atoms with Gasteiger partial charge in [0.25, 0.3) is 0 Å². The molecular formula is C9H14BrN3S. The van der Waals surface area contributed by atoms with Crippen LogP contribution in [-0.2, 0) is 0 Å². The predicted octanol–water partition coefficient (Wildman–Crippen LogP) is 2.96. The Kier molecular flexibility index (Phi) is 4.68. The Hall–Kier alpha value is -0.290. The van der Waals surface area contributed by atoms with E-state index in [1.165, 1.54) is 6.42 Å². The lowest BCUT2D eigenvalue weighted by Gasteiger charge is -2.08. The molecule has 78 valence electrons. The molecule has 1 aromatic rings. The molecule has 0 aliphatic carbocycles. The number of hydrogen-bond acceptors (Lipinski definition) is 4. The van der Waals surface area contributed by atoms with Crippen molar-refractivity contribution in [3.63, 3.8) is 0 Å². The number of nitrogen functional groups attached to an aromatic ring is 1. The molecular weight excluding hydrogens is 262 g/mol. The minimum Gasteiger partial charge on any atom is -0.368 e. The summed E-state index contributed by atoms with van der Waals surface area (Å²) in [6.45, 7) is 4.42. The molecule has 0 aliphatic heterocycles. The van der Waals surface area contributed by atoms with Crippen LogP contribution in [0.2, 0.25) is 0 Å². The Bertz CT molecular complexity index is 306. The fourth-order valence-corrected chi connectivity index (χ4v) is 2.37. The zero-order chi connectivity index (χ0) is 10.6. The summed E-state index contributed by atoms with van der Waals surface area (Å²) >= 11 is 5.12. The molecule has 0 saturated carbocycles. The number of anilines is 1. The predicted molar refractivity (Wildman–Crippen MR) is 64.3 cm³/mol. The van der Waals surface area contributed by atoms with Crippen molar-refractivity contribution in [2.75, 3.05) is 11.5 Å². The summed E-state index contributed by atoms with van der Waals surface area (Å²) < 4.78 is 0.917. The van der Waals surface area contributed by atoms with E-state index in [9.17, 15) is 0 Å².